The van der Waals surface area contributed by atoms with Gasteiger partial charge in [-0.3, -0.25) is 19.2 Å². The van der Waals surface area contributed by atoms with Crippen LogP contribution in [0.15, 0.2) is 0 Å². The number of nitrogens with two attached hydrogens (primary N) is 2. The van der Waals surface area contributed by atoms with Crippen molar-refractivity contribution in [2.75, 3.05) is 18.6 Å². The maximum Gasteiger partial charge on any atom is 0.326 e. The van der Waals surface area contributed by atoms with Crippen LogP contribution in [0.1, 0.15) is 46.0 Å². The molecule has 0 aliphatic carbocycles. The first-order valence-electron chi connectivity index (χ1n) is 10.7. The molecule has 0 spiro atoms. The first kappa shape index (κ1) is 30.6. The minimum atomic E-state index is -1.53. The maximum absolute atomic E-state index is 12.8. The van der Waals surface area contributed by atoms with E-state index >= 15 is 0 Å². The van der Waals surface area contributed by atoms with Crippen molar-refractivity contribution in [3.63, 3.8) is 0 Å². The highest BCUT2D eigenvalue weighted by atomic mass is 32.2. The van der Waals surface area contributed by atoms with Gasteiger partial charge in [-0.05, 0) is 50.2 Å². The monoisotopic (exact) mass is 491 g/mol. The smallest absolute Gasteiger partial charge is 0.326 e. The van der Waals surface area contributed by atoms with E-state index in [-0.39, 0.29) is 18.8 Å². The number of amides is 3. The van der Waals surface area contributed by atoms with Crippen LogP contribution >= 0.6 is 11.8 Å². The van der Waals surface area contributed by atoms with Crippen LogP contribution in [-0.4, -0.2) is 82.6 Å². The summed E-state index contributed by atoms with van der Waals surface area (Å²) in [6.07, 6.45) is 2.38. The molecule has 0 rings (SSSR count). The van der Waals surface area contributed by atoms with E-state index in [0.29, 0.717) is 25.1 Å². The standard InChI is InChI=1S/C20H37N5O7S/c1-11(2)16(22)19(30)23-12(7-9-33-3)17(28)25-14(10-15(26)27)18(29)24-13(20(31)32)6-4-5-8-21/h11-14,16H,4-10,21-22H2,1-3H3,(H,23,30)(H,24,29)(H,25,28)(H,26,27)(H,31,32). The molecule has 4 unspecified atom stereocenters. The predicted molar refractivity (Wildman–Crippen MR) is 124 cm³/mol. The number of hydrogen-bond donors (Lipinski definition) is 7. The lowest BCUT2D eigenvalue weighted by molar-refractivity contribution is -0.143. The van der Waals surface area contributed by atoms with Crippen molar-refractivity contribution >= 4 is 41.4 Å². The number of carbonyl (C=O) groups is 5. The van der Waals surface area contributed by atoms with Gasteiger partial charge in [0.2, 0.25) is 17.7 Å². The van der Waals surface area contributed by atoms with Crippen molar-refractivity contribution in [1.29, 1.82) is 0 Å². The van der Waals surface area contributed by atoms with Gasteiger partial charge in [0.15, 0.2) is 0 Å². The summed E-state index contributed by atoms with van der Waals surface area (Å²) in [6.45, 7) is 3.86. The van der Waals surface area contributed by atoms with Crippen LogP contribution < -0.4 is 27.4 Å². The fourth-order valence-electron chi connectivity index (χ4n) is 2.75. The molecule has 0 bridgehead atoms. The Labute approximate surface area is 198 Å². The average Bonchev–Trinajstić information content (AvgIpc) is 2.73. The zero-order valence-corrected chi connectivity index (χ0v) is 20.2. The molecule has 9 N–H and O–H groups in total. The number of aliphatic carboxylic acids is 2. The molecule has 3 amide bonds. The third kappa shape index (κ3) is 12.4. The normalized spacial score (nSPS) is 14.6. The number of carbonyl (C=O) groups excluding carboxylic acids is 3. The Balaban J connectivity index is 5.43. The van der Waals surface area contributed by atoms with Crippen LogP contribution in [-0.2, 0) is 24.0 Å². The van der Waals surface area contributed by atoms with E-state index in [2.05, 4.69) is 16.0 Å². The first-order chi connectivity index (χ1) is 15.4. The van der Waals surface area contributed by atoms with E-state index in [9.17, 15) is 34.2 Å². The number of carboxylic acid groups (broad SMARTS) is 2. The fourth-order valence-corrected chi connectivity index (χ4v) is 3.23. The molecule has 0 heterocycles. The fraction of sp³-hybridized carbons (Fsp3) is 0.750. The molecular weight excluding hydrogens is 454 g/mol. The van der Waals surface area contributed by atoms with Crippen LogP contribution in [0, 0.1) is 5.92 Å². The van der Waals surface area contributed by atoms with Crippen LogP contribution in [0.5, 0.6) is 0 Å². The number of rotatable bonds is 17. The lowest BCUT2D eigenvalue weighted by Gasteiger charge is -2.25. The highest BCUT2D eigenvalue weighted by Gasteiger charge is 2.31. The minimum Gasteiger partial charge on any atom is -0.481 e. The molecule has 0 aromatic heterocycles. The molecule has 190 valence electrons. The van der Waals surface area contributed by atoms with Crippen molar-refractivity contribution in [3.8, 4) is 0 Å². The van der Waals surface area contributed by atoms with Crippen molar-refractivity contribution in [2.24, 2.45) is 17.4 Å². The second-order valence-electron chi connectivity index (χ2n) is 7.96. The molecule has 0 fully saturated rings. The van der Waals surface area contributed by atoms with Crippen LogP contribution in [0.25, 0.3) is 0 Å². The first-order valence-corrected chi connectivity index (χ1v) is 12.1. The lowest BCUT2D eigenvalue weighted by Crippen LogP contribution is -2.58. The van der Waals surface area contributed by atoms with E-state index in [0.717, 1.165) is 0 Å². The Morgan fingerprint density at radius 3 is 1.88 bits per heavy atom. The Bertz CT molecular complexity index is 677. The third-order valence-corrected chi connectivity index (χ3v) is 5.48. The molecular formula is C20H37N5O7S. The van der Waals surface area contributed by atoms with Crippen LogP contribution in [0.2, 0.25) is 0 Å². The van der Waals surface area contributed by atoms with Gasteiger partial charge in [-0.1, -0.05) is 13.8 Å². The summed E-state index contributed by atoms with van der Waals surface area (Å²) in [4.78, 5) is 60.5. The zero-order chi connectivity index (χ0) is 25.6. The van der Waals surface area contributed by atoms with Gasteiger partial charge in [0, 0.05) is 0 Å². The van der Waals surface area contributed by atoms with Gasteiger partial charge in [-0.2, -0.15) is 11.8 Å². The van der Waals surface area contributed by atoms with E-state index in [4.69, 9.17) is 11.5 Å². The Kier molecular flexibility index (Phi) is 15.1. The van der Waals surface area contributed by atoms with Crippen LogP contribution in [0.4, 0.5) is 0 Å². The van der Waals surface area contributed by atoms with Crippen molar-refractivity contribution in [1.82, 2.24) is 16.0 Å². The lowest BCUT2D eigenvalue weighted by atomic mass is 10.0. The number of carboxylic acids is 2. The van der Waals surface area contributed by atoms with Crippen molar-refractivity contribution < 1.29 is 34.2 Å². The Morgan fingerprint density at radius 2 is 1.39 bits per heavy atom. The summed E-state index contributed by atoms with van der Waals surface area (Å²) in [5.41, 5.74) is 11.2. The van der Waals surface area contributed by atoms with Crippen molar-refractivity contribution in [3.05, 3.63) is 0 Å². The number of unbranched alkanes of at least 4 members (excludes halogenated alkanes) is 1. The Morgan fingerprint density at radius 1 is 0.848 bits per heavy atom. The molecule has 0 saturated carbocycles. The van der Waals surface area contributed by atoms with E-state index in [1.54, 1.807) is 13.8 Å². The molecule has 0 radical (unpaired) electrons. The summed E-state index contributed by atoms with van der Waals surface area (Å²) in [5.74, 6) is -4.56. The molecule has 12 nitrogen and oxygen atoms in total. The largest absolute Gasteiger partial charge is 0.481 e. The third-order valence-electron chi connectivity index (χ3n) is 4.84. The van der Waals surface area contributed by atoms with Gasteiger partial charge in [-0.15, -0.1) is 0 Å². The molecule has 0 aliphatic rings. The second kappa shape index (κ2) is 16.3. The quantitative estimate of drug-likeness (QED) is 0.121. The molecule has 0 aliphatic heterocycles. The Hall–Kier alpha value is -2.38. The van der Waals surface area contributed by atoms with Gasteiger partial charge >= 0.3 is 11.9 Å². The van der Waals surface area contributed by atoms with Gasteiger partial charge in [0.25, 0.3) is 0 Å². The topological polar surface area (TPSA) is 214 Å². The van der Waals surface area contributed by atoms with Gasteiger partial charge < -0.3 is 37.6 Å². The van der Waals surface area contributed by atoms with E-state index < -0.39 is 60.2 Å². The highest BCUT2D eigenvalue weighted by molar-refractivity contribution is 7.98. The molecule has 0 aromatic carbocycles. The molecule has 33 heavy (non-hydrogen) atoms. The maximum atomic E-state index is 12.8. The second-order valence-corrected chi connectivity index (χ2v) is 8.94. The van der Waals surface area contributed by atoms with Gasteiger partial charge in [-0.25, -0.2) is 4.79 Å². The summed E-state index contributed by atoms with van der Waals surface area (Å²) >= 11 is 1.44. The zero-order valence-electron chi connectivity index (χ0n) is 19.3. The van der Waals surface area contributed by atoms with E-state index in [1.165, 1.54) is 11.8 Å². The van der Waals surface area contributed by atoms with E-state index in [1.807, 2.05) is 6.26 Å². The summed E-state index contributed by atoms with van der Waals surface area (Å²) in [7, 11) is 0. The average molecular weight is 492 g/mol. The molecule has 4 atom stereocenters. The summed E-state index contributed by atoms with van der Waals surface area (Å²) in [5, 5.41) is 25.7. The molecule has 0 aromatic rings. The van der Waals surface area contributed by atoms with Crippen LogP contribution in [0.3, 0.4) is 0 Å². The number of hydrogen-bond acceptors (Lipinski definition) is 8. The molecule has 0 saturated heterocycles. The van der Waals surface area contributed by atoms with Gasteiger partial charge in [0.1, 0.15) is 18.1 Å². The number of thioether (sulfide) groups is 1. The minimum absolute atomic E-state index is 0.103. The highest BCUT2D eigenvalue weighted by Crippen LogP contribution is 2.07. The SMILES string of the molecule is CSCCC(NC(=O)C(N)C(C)C)C(=O)NC(CC(=O)O)C(=O)NC(CCCCN)C(=O)O. The summed E-state index contributed by atoms with van der Waals surface area (Å²) in [6, 6.07) is -4.68. The predicted octanol–water partition coefficient (Wildman–Crippen LogP) is -1.13. The number of nitrogens with one attached hydrogen (secondary N) is 3. The van der Waals surface area contributed by atoms with Gasteiger partial charge in [0.05, 0.1) is 12.5 Å². The van der Waals surface area contributed by atoms with Crippen molar-refractivity contribution in [2.45, 2.75) is 70.1 Å². The summed E-state index contributed by atoms with van der Waals surface area (Å²) < 4.78 is 0. The molecule has 13 heteroatoms.